The quantitative estimate of drug-likeness (QED) is 0.0363. The third kappa shape index (κ3) is 37.7. The minimum atomic E-state index is -0.761. The summed E-state index contributed by atoms with van der Waals surface area (Å²) in [7, 11) is 0. The number of carbonyl (C=O) groups is 3. The molecule has 0 fully saturated rings. The summed E-state index contributed by atoms with van der Waals surface area (Å²) in [6, 6.07) is 0. The molecule has 6 nitrogen and oxygen atoms in total. The van der Waals surface area contributed by atoms with Crippen molar-refractivity contribution in [3.05, 3.63) is 0 Å². The molecule has 0 saturated carbocycles. The fraction of sp³-hybridized carbons (Fsp3) is 0.932. The van der Waals surface area contributed by atoms with Gasteiger partial charge in [0.2, 0.25) is 0 Å². The molecule has 0 heterocycles. The van der Waals surface area contributed by atoms with Gasteiger partial charge in [-0.25, -0.2) is 0 Å². The molecule has 0 aliphatic carbocycles. The summed E-state index contributed by atoms with van der Waals surface area (Å²) in [5.74, 6) is 1.49. The van der Waals surface area contributed by atoms with Crippen LogP contribution < -0.4 is 0 Å². The highest BCUT2D eigenvalue weighted by atomic mass is 16.6. The number of rotatable bonds is 37. The van der Waals surface area contributed by atoms with Gasteiger partial charge in [-0.2, -0.15) is 0 Å². The lowest BCUT2D eigenvalue weighted by Gasteiger charge is -2.18. The highest BCUT2D eigenvalue weighted by Gasteiger charge is 2.19. The first-order valence-corrected chi connectivity index (χ1v) is 21.6. The maximum absolute atomic E-state index is 12.6. The molecule has 0 aromatic heterocycles. The van der Waals surface area contributed by atoms with Crippen LogP contribution in [0.4, 0.5) is 0 Å². The minimum absolute atomic E-state index is 0.0678. The average Bonchev–Trinajstić information content (AvgIpc) is 3.06. The van der Waals surface area contributed by atoms with Crippen molar-refractivity contribution in [1.29, 1.82) is 0 Å². The first kappa shape index (κ1) is 48.4. The average molecular weight is 709 g/mol. The van der Waals surface area contributed by atoms with Crippen LogP contribution in [0.2, 0.25) is 0 Å². The van der Waals surface area contributed by atoms with Crippen molar-refractivity contribution in [2.24, 2.45) is 17.8 Å². The van der Waals surface area contributed by atoms with E-state index in [4.69, 9.17) is 14.2 Å². The molecule has 0 aromatic rings. The van der Waals surface area contributed by atoms with Crippen molar-refractivity contribution in [2.75, 3.05) is 13.2 Å². The molecule has 0 aliphatic heterocycles. The van der Waals surface area contributed by atoms with Crippen LogP contribution in [0.5, 0.6) is 0 Å². The van der Waals surface area contributed by atoms with E-state index in [-0.39, 0.29) is 31.1 Å². The molecule has 0 amide bonds. The molecule has 0 bridgehead atoms. The van der Waals surface area contributed by atoms with E-state index in [1.165, 1.54) is 109 Å². The molecule has 0 N–H and O–H groups in total. The zero-order chi connectivity index (χ0) is 37.1. The monoisotopic (exact) mass is 709 g/mol. The van der Waals surface area contributed by atoms with Gasteiger partial charge in [-0.1, -0.05) is 189 Å². The van der Waals surface area contributed by atoms with Crippen molar-refractivity contribution in [2.45, 2.75) is 234 Å². The lowest BCUT2D eigenvalue weighted by Crippen LogP contribution is -2.30. The SMILES string of the molecule is CC(C)CCCCCCCCCCCCC(=O)OC[C@@H](COC(=O)CCCCCCCCCC(C)C)OC(=O)CCCCCCCCC(C)C. The Labute approximate surface area is 310 Å². The van der Waals surface area contributed by atoms with Crippen LogP contribution in [0.1, 0.15) is 228 Å². The van der Waals surface area contributed by atoms with Gasteiger partial charge >= 0.3 is 17.9 Å². The van der Waals surface area contributed by atoms with Gasteiger partial charge in [0.25, 0.3) is 0 Å². The van der Waals surface area contributed by atoms with E-state index < -0.39 is 6.10 Å². The largest absolute Gasteiger partial charge is 0.462 e. The highest BCUT2D eigenvalue weighted by molar-refractivity contribution is 5.71. The predicted molar refractivity (Wildman–Crippen MR) is 210 cm³/mol. The van der Waals surface area contributed by atoms with E-state index in [2.05, 4.69) is 41.5 Å². The van der Waals surface area contributed by atoms with Crippen LogP contribution in [0.25, 0.3) is 0 Å². The van der Waals surface area contributed by atoms with Gasteiger partial charge in [-0.05, 0) is 37.0 Å². The van der Waals surface area contributed by atoms with Crippen LogP contribution in [0.3, 0.4) is 0 Å². The summed E-state index contributed by atoms with van der Waals surface area (Å²) in [6.45, 7) is 13.5. The summed E-state index contributed by atoms with van der Waals surface area (Å²) in [5.41, 5.74) is 0. The summed E-state index contributed by atoms with van der Waals surface area (Å²) in [5, 5.41) is 0. The fourth-order valence-corrected chi connectivity index (χ4v) is 6.35. The van der Waals surface area contributed by atoms with Gasteiger partial charge in [0.15, 0.2) is 6.10 Å². The molecule has 0 radical (unpaired) electrons. The Morgan fingerprint density at radius 1 is 0.340 bits per heavy atom. The van der Waals surface area contributed by atoms with Crippen LogP contribution in [-0.4, -0.2) is 37.2 Å². The Bertz CT molecular complexity index is 776. The van der Waals surface area contributed by atoms with Crippen LogP contribution in [0.15, 0.2) is 0 Å². The van der Waals surface area contributed by atoms with Crippen LogP contribution in [-0.2, 0) is 28.6 Å². The standard InChI is InChI=1S/C44H84O6/c1-38(2)30-24-18-12-9-7-8-10-14-21-27-33-42(45)48-36-41(50-44(47)35-29-23-17-16-20-26-32-40(5)6)37-49-43(46)34-28-22-15-11-13-19-25-31-39(3)4/h38-41H,7-37H2,1-6H3/t41-/m0/s1. The molecule has 0 aromatic carbocycles. The molecule has 0 aliphatic rings. The molecule has 6 heteroatoms. The zero-order valence-electron chi connectivity index (χ0n) is 34.2. The van der Waals surface area contributed by atoms with Crippen molar-refractivity contribution in [3.8, 4) is 0 Å². The number of ether oxygens (including phenoxy) is 3. The maximum Gasteiger partial charge on any atom is 0.306 e. The van der Waals surface area contributed by atoms with E-state index in [0.29, 0.717) is 19.3 Å². The van der Waals surface area contributed by atoms with Gasteiger partial charge in [0.1, 0.15) is 13.2 Å². The molecule has 0 unspecified atom stereocenters. The summed E-state index contributed by atoms with van der Waals surface area (Å²) in [4.78, 5) is 37.5. The Hall–Kier alpha value is -1.59. The zero-order valence-corrected chi connectivity index (χ0v) is 34.2. The Morgan fingerprint density at radius 3 is 0.860 bits per heavy atom. The lowest BCUT2D eigenvalue weighted by molar-refractivity contribution is -0.167. The lowest BCUT2D eigenvalue weighted by atomic mass is 10.0. The number of esters is 3. The number of hydrogen-bond acceptors (Lipinski definition) is 6. The molecule has 50 heavy (non-hydrogen) atoms. The van der Waals surface area contributed by atoms with E-state index in [1.54, 1.807) is 0 Å². The normalized spacial score (nSPS) is 12.2. The first-order valence-electron chi connectivity index (χ1n) is 21.6. The van der Waals surface area contributed by atoms with E-state index in [9.17, 15) is 14.4 Å². The number of unbranched alkanes of at least 4 members (excludes halogenated alkanes) is 20. The predicted octanol–water partition coefficient (Wildman–Crippen LogP) is 13.3. The third-order valence-corrected chi connectivity index (χ3v) is 9.65. The molecular weight excluding hydrogens is 624 g/mol. The van der Waals surface area contributed by atoms with Crippen molar-refractivity contribution < 1.29 is 28.6 Å². The van der Waals surface area contributed by atoms with Crippen molar-refractivity contribution in [3.63, 3.8) is 0 Å². The fourth-order valence-electron chi connectivity index (χ4n) is 6.35. The third-order valence-electron chi connectivity index (χ3n) is 9.65. The van der Waals surface area contributed by atoms with Gasteiger partial charge in [-0.3, -0.25) is 14.4 Å². The summed E-state index contributed by atoms with van der Waals surface area (Å²) >= 11 is 0. The van der Waals surface area contributed by atoms with Crippen LogP contribution >= 0.6 is 0 Å². The van der Waals surface area contributed by atoms with Crippen molar-refractivity contribution >= 4 is 17.9 Å². The second-order valence-electron chi connectivity index (χ2n) is 16.4. The molecule has 296 valence electrons. The Kier molecular flexibility index (Phi) is 34.7. The van der Waals surface area contributed by atoms with Crippen LogP contribution in [0, 0.1) is 17.8 Å². The Balaban J connectivity index is 4.33. The highest BCUT2D eigenvalue weighted by Crippen LogP contribution is 2.16. The van der Waals surface area contributed by atoms with E-state index in [0.717, 1.165) is 75.5 Å². The molecule has 0 spiro atoms. The molecular formula is C44H84O6. The molecule has 0 rings (SSSR count). The minimum Gasteiger partial charge on any atom is -0.462 e. The summed E-state index contributed by atoms with van der Waals surface area (Å²) < 4.78 is 16.6. The van der Waals surface area contributed by atoms with Gasteiger partial charge in [-0.15, -0.1) is 0 Å². The van der Waals surface area contributed by atoms with Crippen molar-refractivity contribution in [1.82, 2.24) is 0 Å². The molecule has 0 saturated heterocycles. The second kappa shape index (κ2) is 35.8. The van der Waals surface area contributed by atoms with E-state index >= 15 is 0 Å². The smallest absolute Gasteiger partial charge is 0.306 e. The molecule has 1 atom stereocenters. The number of hydrogen-bond donors (Lipinski definition) is 0. The first-order chi connectivity index (χ1) is 24.1. The Morgan fingerprint density at radius 2 is 0.580 bits per heavy atom. The summed E-state index contributed by atoms with van der Waals surface area (Å²) in [6.07, 6.45) is 31.1. The second-order valence-corrected chi connectivity index (χ2v) is 16.4. The number of carbonyl (C=O) groups excluding carboxylic acids is 3. The van der Waals surface area contributed by atoms with Gasteiger partial charge in [0.05, 0.1) is 0 Å². The maximum atomic E-state index is 12.6. The topological polar surface area (TPSA) is 78.9 Å². The van der Waals surface area contributed by atoms with Gasteiger partial charge < -0.3 is 14.2 Å². The van der Waals surface area contributed by atoms with Gasteiger partial charge in [0, 0.05) is 19.3 Å². The van der Waals surface area contributed by atoms with E-state index in [1.807, 2.05) is 0 Å².